The lowest BCUT2D eigenvalue weighted by Crippen LogP contribution is -1.86. The predicted octanol–water partition coefficient (Wildman–Crippen LogP) is 5.85. The van der Waals surface area contributed by atoms with Gasteiger partial charge in [0.05, 0.1) is 0 Å². The molecular formula is C19H32O2. The minimum atomic E-state index is -0.250. The van der Waals surface area contributed by atoms with Crippen LogP contribution in [0.1, 0.15) is 76.7 Å². The minimum Gasteiger partial charge on any atom is -0.483 e. The molecule has 0 bridgehead atoms. The van der Waals surface area contributed by atoms with E-state index in [0.29, 0.717) is 0 Å². The summed E-state index contributed by atoms with van der Waals surface area (Å²) in [7, 11) is 0. The van der Waals surface area contributed by atoms with E-state index >= 15 is 0 Å². The van der Waals surface area contributed by atoms with Crippen LogP contribution in [0.4, 0.5) is 0 Å². The van der Waals surface area contributed by atoms with Gasteiger partial charge in [-0.25, -0.2) is 0 Å². The zero-order valence-electron chi connectivity index (χ0n) is 13.6. The molecule has 0 aliphatic heterocycles. The van der Waals surface area contributed by atoms with Gasteiger partial charge < -0.3 is 5.11 Å². The van der Waals surface area contributed by atoms with Crippen LogP contribution in [0.5, 0.6) is 0 Å². The van der Waals surface area contributed by atoms with Crippen molar-refractivity contribution in [2.75, 3.05) is 0 Å². The lowest BCUT2D eigenvalue weighted by atomic mass is 10.0. The van der Waals surface area contributed by atoms with Crippen LogP contribution >= 0.6 is 0 Å². The molecule has 0 spiro atoms. The van der Waals surface area contributed by atoms with Gasteiger partial charge in [0, 0.05) is 0 Å². The van der Waals surface area contributed by atoms with E-state index in [2.05, 4.69) is 37.3 Å². The Balaban J connectivity index is 0.00000122. The first-order valence-electron chi connectivity index (χ1n) is 8.47. The summed E-state index contributed by atoms with van der Waals surface area (Å²) in [5, 5.41) is 6.89. The quantitative estimate of drug-likeness (QED) is 0.410. The first kappa shape index (κ1) is 19.7. The number of rotatable bonds is 11. The number of carbonyl (C=O) groups is 1. The number of hydrogen-bond donors (Lipinski definition) is 1. The number of hydrogen-bond acceptors (Lipinski definition) is 1. The second kappa shape index (κ2) is 16.7. The van der Waals surface area contributed by atoms with Gasteiger partial charge in [-0.2, -0.15) is 0 Å². The van der Waals surface area contributed by atoms with Crippen LogP contribution in [-0.2, 0) is 11.2 Å². The molecule has 1 aromatic rings. The normalized spacial score (nSPS) is 9.76. The molecule has 2 heteroatoms. The molecule has 0 heterocycles. The Kier molecular flexibility index (Phi) is 15.7. The summed E-state index contributed by atoms with van der Waals surface area (Å²) in [5.74, 6) is 0. The highest BCUT2D eigenvalue weighted by atomic mass is 16.3. The summed E-state index contributed by atoms with van der Waals surface area (Å²) in [5.41, 5.74) is 1.50. The molecule has 0 aliphatic carbocycles. The first-order valence-corrected chi connectivity index (χ1v) is 8.47. The van der Waals surface area contributed by atoms with Crippen LogP contribution in [-0.4, -0.2) is 11.6 Å². The Labute approximate surface area is 130 Å². The second-order valence-corrected chi connectivity index (χ2v) is 5.52. The van der Waals surface area contributed by atoms with Gasteiger partial charge in [-0.1, -0.05) is 95.0 Å². The van der Waals surface area contributed by atoms with Gasteiger partial charge in [0.25, 0.3) is 6.47 Å². The van der Waals surface area contributed by atoms with E-state index in [1.165, 1.54) is 76.2 Å². The monoisotopic (exact) mass is 292 g/mol. The standard InChI is InChI=1S/C18H30.CH2O2/c1-2-3-4-5-6-7-8-9-10-12-15-18-16-13-11-14-17-18;2-1-3/h11,13-14,16-17H,2-10,12,15H2,1H3;1H,(H,2,3). The third-order valence-electron chi connectivity index (χ3n) is 3.66. The van der Waals surface area contributed by atoms with E-state index in [0.717, 1.165) is 0 Å². The molecule has 21 heavy (non-hydrogen) atoms. The van der Waals surface area contributed by atoms with Crippen LogP contribution in [0.2, 0.25) is 0 Å². The molecule has 1 N–H and O–H groups in total. The third-order valence-corrected chi connectivity index (χ3v) is 3.66. The Morgan fingerprint density at radius 3 is 1.71 bits per heavy atom. The lowest BCUT2D eigenvalue weighted by molar-refractivity contribution is -0.122. The van der Waals surface area contributed by atoms with Crippen molar-refractivity contribution in [1.82, 2.24) is 0 Å². The maximum atomic E-state index is 8.36. The summed E-state index contributed by atoms with van der Waals surface area (Å²) < 4.78 is 0. The van der Waals surface area contributed by atoms with Crippen molar-refractivity contribution < 1.29 is 9.90 Å². The van der Waals surface area contributed by atoms with E-state index in [9.17, 15) is 0 Å². The van der Waals surface area contributed by atoms with Gasteiger partial charge in [0.15, 0.2) is 0 Å². The summed E-state index contributed by atoms with van der Waals surface area (Å²) >= 11 is 0. The fourth-order valence-electron chi connectivity index (χ4n) is 2.46. The van der Waals surface area contributed by atoms with Crippen LogP contribution in [0.15, 0.2) is 30.3 Å². The van der Waals surface area contributed by atoms with Crippen molar-refractivity contribution in [2.45, 2.75) is 77.6 Å². The molecule has 0 atom stereocenters. The maximum Gasteiger partial charge on any atom is 0.290 e. The first-order chi connectivity index (χ1) is 10.3. The van der Waals surface area contributed by atoms with Crippen molar-refractivity contribution in [1.29, 1.82) is 0 Å². The van der Waals surface area contributed by atoms with Crippen LogP contribution in [0, 0.1) is 0 Å². The Bertz CT molecular complexity index is 309. The van der Waals surface area contributed by atoms with Crippen LogP contribution < -0.4 is 0 Å². The molecule has 0 radical (unpaired) electrons. The van der Waals surface area contributed by atoms with Gasteiger partial charge >= 0.3 is 0 Å². The molecule has 0 saturated carbocycles. The SMILES string of the molecule is CCCCCCCCCCCCc1ccccc1.O=CO. The average molecular weight is 292 g/mol. The van der Waals surface area contributed by atoms with E-state index in [1.807, 2.05) is 0 Å². The molecule has 0 fully saturated rings. The number of unbranched alkanes of at least 4 members (excludes halogenated alkanes) is 9. The topological polar surface area (TPSA) is 37.3 Å². The van der Waals surface area contributed by atoms with Crippen molar-refractivity contribution in [2.24, 2.45) is 0 Å². The second-order valence-electron chi connectivity index (χ2n) is 5.52. The van der Waals surface area contributed by atoms with Crippen LogP contribution in [0.25, 0.3) is 0 Å². The molecule has 0 aliphatic rings. The molecule has 0 aromatic heterocycles. The van der Waals surface area contributed by atoms with Crippen molar-refractivity contribution in [3.05, 3.63) is 35.9 Å². The highest BCUT2D eigenvalue weighted by Crippen LogP contribution is 2.12. The molecular weight excluding hydrogens is 260 g/mol. The Hall–Kier alpha value is -1.31. The molecule has 0 unspecified atom stereocenters. The summed E-state index contributed by atoms with van der Waals surface area (Å²) in [6, 6.07) is 10.9. The van der Waals surface area contributed by atoms with E-state index in [4.69, 9.17) is 9.90 Å². The fourth-order valence-corrected chi connectivity index (χ4v) is 2.46. The Morgan fingerprint density at radius 1 is 0.810 bits per heavy atom. The van der Waals surface area contributed by atoms with Gasteiger partial charge in [-0.05, 0) is 18.4 Å². The number of benzene rings is 1. The molecule has 2 nitrogen and oxygen atoms in total. The zero-order chi connectivity index (χ0) is 15.6. The lowest BCUT2D eigenvalue weighted by Gasteiger charge is -2.03. The maximum absolute atomic E-state index is 8.36. The number of aryl methyl sites for hydroxylation is 1. The summed E-state index contributed by atoms with van der Waals surface area (Å²) in [6.45, 7) is 2.03. The third kappa shape index (κ3) is 14.9. The molecule has 120 valence electrons. The average Bonchev–Trinajstić information content (AvgIpc) is 2.51. The fraction of sp³-hybridized carbons (Fsp3) is 0.632. The zero-order valence-corrected chi connectivity index (χ0v) is 13.6. The molecule has 1 rings (SSSR count). The highest BCUT2D eigenvalue weighted by Gasteiger charge is 1.94. The smallest absolute Gasteiger partial charge is 0.290 e. The molecule has 0 saturated heterocycles. The summed E-state index contributed by atoms with van der Waals surface area (Å²) in [6.07, 6.45) is 15.5. The highest BCUT2D eigenvalue weighted by molar-refractivity contribution is 5.32. The van der Waals surface area contributed by atoms with Crippen LogP contribution in [0.3, 0.4) is 0 Å². The summed E-state index contributed by atoms with van der Waals surface area (Å²) in [4.78, 5) is 8.36. The largest absolute Gasteiger partial charge is 0.483 e. The van der Waals surface area contributed by atoms with E-state index < -0.39 is 0 Å². The van der Waals surface area contributed by atoms with Crippen molar-refractivity contribution >= 4 is 6.47 Å². The van der Waals surface area contributed by atoms with Crippen molar-refractivity contribution in [3.8, 4) is 0 Å². The molecule has 0 amide bonds. The van der Waals surface area contributed by atoms with Crippen molar-refractivity contribution in [3.63, 3.8) is 0 Å². The van der Waals surface area contributed by atoms with Gasteiger partial charge in [-0.3, -0.25) is 4.79 Å². The van der Waals surface area contributed by atoms with E-state index in [1.54, 1.807) is 0 Å². The van der Waals surface area contributed by atoms with Gasteiger partial charge in [0.1, 0.15) is 0 Å². The van der Waals surface area contributed by atoms with Gasteiger partial charge in [-0.15, -0.1) is 0 Å². The van der Waals surface area contributed by atoms with Gasteiger partial charge in [0.2, 0.25) is 0 Å². The van der Waals surface area contributed by atoms with E-state index in [-0.39, 0.29) is 6.47 Å². The minimum absolute atomic E-state index is 0.250. The number of carboxylic acid groups (broad SMARTS) is 1. The molecule has 1 aromatic carbocycles. The predicted molar refractivity (Wildman–Crippen MR) is 90.7 cm³/mol. The Morgan fingerprint density at radius 2 is 1.24 bits per heavy atom.